The second-order valence-corrected chi connectivity index (χ2v) is 11.5. The summed E-state index contributed by atoms with van der Waals surface area (Å²) in [6.45, 7) is 14.4. The zero-order chi connectivity index (χ0) is 27.3. The van der Waals surface area contributed by atoms with Crippen molar-refractivity contribution in [2.24, 2.45) is 11.3 Å². The zero-order valence-electron chi connectivity index (χ0n) is 22.2. The van der Waals surface area contributed by atoms with Gasteiger partial charge in [-0.05, 0) is 30.4 Å². The van der Waals surface area contributed by atoms with Gasteiger partial charge in [-0.1, -0.05) is 45.6 Å². The fraction of sp³-hybridized carbons (Fsp3) is 0.556. The number of thiazole rings is 1. The normalized spacial score (nSPS) is 21.6. The molecule has 0 radical (unpaired) electrons. The number of nitrogens with zero attached hydrogens (tertiary/aromatic N) is 2. The Balaban J connectivity index is 1.63. The number of aliphatic hydroxyl groups excluding tert-OH is 1. The number of aromatic nitrogens is 1. The van der Waals surface area contributed by atoms with Gasteiger partial charge in [-0.2, -0.15) is 0 Å². The standard InChI is InChI=1S/C27H38N4O5S/c1-7-18(22-17(3)29-15-37-22)9-8-16(2)11-28-25(34)21-10-20(32)12-31(21)26(35)23(27(4,5)6)30-24(33)19-13-36-14-19/h7-9,15,19-21,23,32H,2,10-14H2,1,3-6H3,(H,28,34)(H,30,33)/b9-8-,18-7+/t20-,21+,23-/m1/s1. The lowest BCUT2D eigenvalue weighted by molar-refractivity contribution is -0.148. The van der Waals surface area contributed by atoms with Crippen molar-refractivity contribution < 1.29 is 24.2 Å². The van der Waals surface area contributed by atoms with Gasteiger partial charge in [-0.3, -0.25) is 14.4 Å². The van der Waals surface area contributed by atoms with Crippen LogP contribution in [0.2, 0.25) is 0 Å². The van der Waals surface area contributed by atoms with Crippen LogP contribution in [0.25, 0.3) is 5.57 Å². The van der Waals surface area contributed by atoms with Crippen LogP contribution >= 0.6 is 11.3 Å². The molecule has 9 nitrogen and oxygen atoms in total. The van der Waals surface area contributed by atoms with Gasteiger partial charge in [0.15, 0.2) is 0 Å². The Kier molecular flexibility index (Phi) is 9.44. The molecule has 0 spiro atoms. The maximum Gasteiger partial charge on any atom is 0.246 e. The maximum atomic E-state index is 13.6. The van der Waals surface area contributed by atoms with Crippen molar-refractivity contribution in [3.8, 4) is 0 Å². The lowest BCUT2D eigenvalue weighted by Crippen LogP contribution is -2.59. The fourth-order valence-electron chi connectivity index (χ4n) is 4.23. The second-order valence-electron chi connectivity index (χ2n) is 10.7. The van der Waals surface area contributed by atoms with Gasteiger partial charge < -0.3 is 25.4 Å². The predicted octanol–water partition coefficient (Wildman–Crippen LogP) is 2.22. The molecule has 37 heavy (non-hydrogen) atoms. The summed E-state index contributed by atoms with van der Waals surface area (Å²) in [6.07, 6.45) is 5.09. The number of carbonyl (C=O) groups is 3. The molecule has 1 aromatic rings. The number of allylic oxidation sites excluding steroid dienone is 3. The molecule has 3 atom stereocenters. The van der Waals surface area contributed by atoms with Crippen molar-refractivity contribution in [3.63, 3.8) is 0 Å². The molecule has 3 heterocycles. The van der Waals surface area contributed by atoms with Gasteiger partial charge in [0.25, 0.3) is 0 Å². The topological polar surface area (TPSA) is 121 Å². The van der Waals surface area contributed by atoms with E-state index in [4.69, 9.17) is 4.74 Å². The minimum Gasteiger partial charge on any atom is -0.391 e. The van der Waals surface area contributed by atoms with Crippen LogP contribution in [-0.4, -0.2) is 77.2 Å². The first-order valence-corrected chi connectivity index (χ1v) is 13.4. The fourth-order valence-corrected chi connectivity index (χ4v) is 5.10. The first-order chi connectivity index (χ1) is 17.4. The van der Waals surface area contributed by atoms with E-state index in [0.29, 0.717) is 18.8 Å². The molecule has 0 saturated carbocycles. The molecule has 3 rings (SSSR count). The van der Waals surface area contributed by atoms with Gasteiger partial charge in [-0.15, -0.1) is 11.3 Å². The summed E-state index contributed by atoms with van der Waals surface area (Å²) in [4.78, 5) is 46.0. The largest absolute Gasteiger partial charge is 0.391 e. The summed E-state index contributed by atoms with van der Waals surface area (Å²) in [6, 6.07) is -1.67. The Labute approximate surface area is 222 Å². The van der Waals surface area contributed by atoms with E-state index >= 15 is 0 Å². The Morgan fingerprint density at radius 1 is 1.30 bits per heavy atom. The van der Waals surface area contributed by atoms with E-state index in [1.807, 2.05) is 52.8 Å². The third kappa shape index (κ3) is 7.15. The van der Waals surface area contributed by atoms with E-state index in [2.05, 4.69) is 22.2 Å². The van der Waals surface area contributed by atoms with Crippen LogP contribution in [-0.2, 0) is 19.1 Å². The number of likely N-dealkylation sites (tertiary alicyclic amines) is 1. The summed E-state index contributed by atoms with van der Waals surface area (Å²) in [5.41, 5.74) is 3.88. The van der Waals surface area contributed by atoms with Crippen molar-refractivity contribution in [3.05, 3.63) is 46.5 Å². The molecule has 0 aromatic carbocycles. The highest BCUT2D eigenvalue weighted by Crippen LogP contribution is 2.27. The summed E-state index contributed by atoms with van der Waals surface area (Å²) in [5.74, 6) is -1.26. The molecule has 2 fully saturated rings. The lowest BCUT2D eigenvalue weighted by Gasteiger charge is -2.37. The minimum absolute atomic E-state index is 0.0333. The molecule has 202 valence electrons. The Morgan fingerprint density at radius 2 is 2.00 bits per heavy atom. The van der Waals surface area contributed by atoms with Crippen LogP contribution in [0.4, 0.5) is 0 Å². The highest BCUT2D eigenvalue weighted by molar-refractivity contribution is 7.11. The number of amides is 3. The number of aryl methyl sites for hydroxylation is 1. The van der Waals surface area contributed by atoms with E-state index in [9.17, 15) is 19.5 Å². The number of aliphatic hydroxyl groups is 1. The predicted molar refractivity (Wildman–Crippen MR) is 144 cm³/mol. The van der Waals surface area contributed by atoms with E-state index in [0.717, 1.165) is 16.1 Å². The van der Waals surface area contributed by atoms with Gasteiger partial charge >= 0.3 is 0 Å². The van der Waals surface area contributed by atoms with Gasteiger partial charge in [0.05, 0.1) is 41.3 Å². The van der Waals surface area contributed by atoms with Crippen molar-refractivity contribution in [2.75, 3.05) is 26.3 Å². The summed E-state index contributed by atoms with van der Waals surface area (Å²) < 4.78 is 5.09. The van der Waals surface area contributed by atoms with Gasteiger partial charge in [0, 0.05) is 19.5 Å². The zero-order valence-corrected chi connectivity index (χ0v) is 23.1. The van der Waals surface area contributed by atoms with Gasteiger partial charge in [-0.25, -0.2) is 4.98 Å². The van der Waals surface area contributed by atoms with Crippen molar-refractivity contribution in [1.29, 1.82) is 0 Å². The minimum atomic E-state index is -0.839. The smallest absolute Gasteiger partial charge is 0.246 e. The average molecular weight is 531 g/mol. The van der Waals surface area contributed by atoms with Crippen LogP contribution in [0.1, 0.15) is 44.7 Å². The Bertz CT molecular complexity index is 1080. The van der Waals surface area contributed by atoms with Crippen LogP contribution in [0.5, 0.6) is 0 Å². The van der Waals surface area contributed by atoms with Gasteiger partial charge in [0.2, 0.25) is 17.7 Å². The molecule has 1 aromatic heterocycles. The number of ether oxygens (including phenoxy) is 1. The quantitative estimate of drug-likeness (QED) is 0.421. The van der Waals surface area contributed by atoms with Crippen molar-refractivity contribution in [1.82, 2.24) is 20.5 Å². The Hall–Kier alpha value is -2.82. The molecule has 2 aliphatic heterocycles. The molecule has 3 N–H and O–H groups in total. The molecular formula is C27H38N4O5S. The highest BCUT2D eigenvalue weighted by Gasteiger charge is 2.45. The highest BCUT2D eigenvalue weighted by atomic mass is 32.1. The third-order valence-corrected chi connectivity index (χ3v) is 7.56. The van der Waals surface area contributed by atoms with Crippen LogP contribution < -0.4 is 10.6 Å². The van der Waals surface area contributed by atoms with Crippen LogP contribution in [0.15, 0.2) is 35.9 Å². The number of rotatable bonds is 9. The van der Waals surface area contributed by atoms with Crippen LogP contribution in [0, 0.1) is 18.3 Å². The molecule has 2 saturated heterocycles. The average Bonchev–Trinajstić information content (AvgIpc) is 3.39. The van der Waals surface area contributed by atoms with Crippen molar-refractivity contribution in [2.45, 2.75) is 59.2 Å². The molecule has 3 amide bonds. The van der Waals surface area contributed by atoms with E-state index in [1.165, 1.54) is 4.90 Å². The molecule has 0 bridgehead atoms. The number of carbonyl (C=O) groups excluding carboxylic acids is 3. The number of hydrogen-bond donors (Lipinski definition) is 3. The third-order valence-electron chi connectivity index (χ3n) is 6.58. The Morgan fingerprint density at radius 3 is 2.54 bits per heavy atom. The number of nitrogens with one attached hydrogen (secondary N) is 2. The maximum absolute atomic E-state index is 13.6. The summed E-state index contributed by atoms with van der Waals surface area (Å²) in [7, 11) is 0. The molecule has 0 aliphatic carbocycles. The monoisotopic (exact) mass is 530 g/mol. The molecular weight excluding hydrogens is 492 g/mol. The van der Waals surface area contributed by atoms with E-state index in [1.54, 1.807) is 16.8 Å². The summed E-state index contributed by atoms with van der Waals surface area (Å²) >= 11 is 1.56. The number of hydrogen-bond acceptors (Lipinski definition) is 7. The molecule has 10 heteroatoms. The first-order valence-electron chi connectivity index (χ1n) is 12.5. The number of β-amino-alcohol motifs (C(OH)–C–C–N with tert-alkyl or cyclic N) is 1. The van der Waals surface area contributed by atoms with E-state index in [-0.39, 0.29) is 43.1 Å². The van der Waals surface area contributed by atoms with E-state index < -0.39 is 23.6 Å². The SMILES string of the molecule is C=C(/C=C\C(=C/C)c1scnc1C)CNC(=O)[C@@H]1C[C@@H](O)CN1C(=O)[C@@H](NC(=O)C1COC1)C(C)(C)C. The lowest BCUT2D eigenvalue weighted by atomic mass is 9.85. The van der Waals surface area contributed by atoms with Gasteiger partial charge in [0.1, 0.15) is 12.1 Å². The first kappa shape index (κ1) is 28.7. The second kappa shape index (κ2) is 12.1. The van der Waals surface area contributed by atoms with Crippen molar-refractivity contribution >= 4 is 34.6 Å². The summed E-state index contributed by atoms with van der Waals surface area (Å²) in [5, 5.41) is 16.0. The molecule has 0 unspecified atom stereocenters. The van der Waals surface area contributed by atoms with Crippen LogP contribution in [0.3, 0.4) is 0 Å². The molecule has 2 aliphatic rings.